The van der Waals surface area contributed by atoms with Crippen molar-refractivity contribution in [3.8, 4) is 5.75 Å². The number of aromatic carboxylic acids is 1. The van der Waals surface area contributed by atoms with Gasteiger partial charge in [-0.3, -0.25) is 0 Å². The summed E-state index contributed by atoms with van der Waals surface area (Å²) in [6.45, 7) is 6.71. The van der Waals surface area contributed by atoms with Crippen molar-refractivity contribution < 1.29 is 14.6 Å². The van der Waals surface area contributed by atoms with Gasteiger partial charge in [-0.25, -0.2) is 4.79 Å². The average Bonchev–Trinajstić information content (AvgIpc) is 2.49. The number of carboxylic acid groups (broad SMARTS) is 1. The van der Waals surface area contributed by atoms with Gasteiger partial charge in [0.1, 0.15) is 5.75 Å². The number of allylic oxidation sites excluding steroid dienone is 1. The molecular weight excluding hydrogens is 276 g/mol. The molecule has 0 unspecified atom stereocenters. The zero-order chi connectivity index (χ0) is 16.2. The highest BCUT2D eigenvalue weighted by Gasteiger charge is 2.01. The summed E-state index contributed by atoms with van der Waals surface area (Å²) >= 11 is 0. The first-order chi connectivity index (χ1) is 10.6. The molecule has 1 N–H and O–H groups in total. The van der Waals surface area contributed by atoms with E-state index in [1.54, 1.807) is 24.3 Å². The molecule has 3 nitrogen and oxygen atoms in total. The van der Waals surface area contributed by atoms with E-state index in [-0.39, 0.29) is 0 Å². The topological polar surface area (TPSA) is 46.5 Å². The Kier molecular flexibility index (Phi) is 9.04. The van der Waals surface area contributed by atoms with Crippen LogP contribution in [0.15, 0.2) is 36.4 Å². The van der Waals surface area contributed by atoms with E-state index in [9.17, 15) is 4.79 Å². The Balaban J connectivity index is 1.97. The minimum atomic E-state index is -0.908. The van der Waals surface area contributed by atoms with Gasteiger partial charge in [0.25, 0.3) is 0 Å². The van der Waals surface area contributed by atoms with Gasteiger partial charge in [-0.1, -0.05) is 37.7 Å². The molecule has 0 aliphatic rings. The van der Waals surface area contributed by atoms with E-state index in [4.69, 9.17) is 9.84 Å². The van der Waals surface area contributed by atoms with Crippen LogP contribution in [0, 0.1) is 0 Å². The molecule has 0 aliphatic carbocycles. The molecule has 1 rings (SSSR count). The van der Waals surface area contributed by atoms with Gasteiger partial charge < -0.3 is 9.84 Å². The Morgan fingerprint density at radius 3 is 2.09 bits per heavy atom. The summed E-state index contributed by atoms with van der Waals surface area (Å²) in [6.07, 6.45) is 9.83. The molecule has 0 fully saturated rings. The van der Waals surface area contributed by atoms with E-state index < -0.39 is 5.97 Å². The first kappa shape index (κ1) is 18.3. The van der Waals surface area contributed by atoms with E-state index in [2.05, 4.69) is 13.5 Å². The Labute approximate surface area is 134 Å². The van der Waals surface area contributed by atoms with E-state index in [1.807, 2.05) is 0 Å². The van der Waals surface area contributed by atoms with Crippen LogP contribution in [-0.2, 0) is 0 Å². The third-order valence-corrected chi connectivity index (χ3v) is 3.62. The van der Waals surface area contributed by atoms with Crippen molar-refractivity contribution in [3.05, 3.63) is 42.0 Å². The lowest BCUT2D eigenvalue weighted by Gasteiger charge is -2.06. The highest BCUT2D eigenvalue weighted by atomic mass is 16.5. The lowest BCUT2D eigenvalue weighted by molar-refractivity contribution is 0.0697. The van der Waals surface area contributed by atoms with E-state index in [0.717, 1.165) is 18.6 Å². The third-order valence-electron chi connectivity index (χ3n) is 3.62. The summed E-state index contributed by atoms with van der Waals surface area (Å²) in [4.78, 5) is 10.7. The molecule has 0 heterocycles. The van der Waals surface area contributed by atoms with Crippen molar-refractivity contribution in [1.29, 1.82) is 0 Å². The molecule has 0 atom stereocenters. The predicted octanol–water partition coefficient (Wildman–Crippen LogP) is 5.46. The maximum Gasteiger partial charge on any atom is 0.335 e. The van der Waals surface area contributed by atoms with Crippen LogP contribution in [0.3, 0.4) is 0 Å². The number of unbranched alkanes of at least 4 members (excludes halogenated alkanes) is 6. The number of benzene rings is 1. The van der Waals surface area contributed by atoms with Gasteiger partial charge in [0.15, 0.2) is 0 Å². The van der Waals surface area contributed by atoms with Crippen LogP contribution in [0.5, 0.6) is 5.75 Å². The number of hydrogen-bond acceptors (Lipinski definition) is 2. The minimum Gasteiger partial charge on any atom is -0.494 e. The van der Waals surface area contributed by atoms with Crippen LogP contribution in [0.1, 0.15) is 68.6 Å². The largest absolute Gasteiger partial charge is 0.494 e. The third kappa shape index (κ3) is 8.50. The van der Waals surface area contributed by atoms with E-state index >= 15 is 0 Å². The van der Waals surface area contributed by atoms with Gasteiger partial charge in [0.05, 0.1) is 12.2 Å². The molecule has 0 amide bonds. The Morgan fingerprint density at radius 2 is 1.55 bits per heavy atom. The molecule has 0 spiro atoms. The molecule has 0 saturated heterocycles. The van der Waals surface area contributed by atoms with Gasteiger partial charge in [0, 0.05) is 0 Å². The van der Waals surface area contributed by atoms with Crippen molar-refractivity contribution in [1.82, 2.24) is 0 Å². The fourth-order valence-corrected chi connectivity index (χ4v) is 2.30. The molecule has 3 heteroatoms. The summed E-state index contributed by atoms with van der Waals surface area (Å²) in [5.41, 5.74) is 1.58. The lowest BCUT2D eigenvalue weighted by atomic mass is 10.1. The standard InChI is InChI=1S/C19H28O3/c1-16(2)10-8-6-4-3-5-7-9-15-22-18-13-11-17(12-14-18)19(20)21/h11-14H,1,3-10,15H2,2H3,(H,20,21). The SMILES string of the molecule is C=C(C)CCCCCCCCCOc1ccc(C(=O)O)cc1. The van der Waals surface area contributed by atoms with Crippen LogP contribution in [-0.4, -0.2) is 17.7 Å². The fourth-order valence-electron chi connectivity index (χ4n) is 2.30. The van der Waals surface area contributed by atoms with Crippen molar-refractivity contribution in [2.75, 3.05) is 6.61 Å². The van der Waals surface area contributed by atoms with Crippen molar-refractivity contribution in [2.24, 2.45) is 0 Å². The van der Waals surface area contributed by atoms with Crippen LogP contribution < -0.4 is 4.74 Å². The Hall–Kier alpha value is -1.77. The van der Waals surface area contributed by atoms with Crippen molar-refractivity contribution in [2.45, 2.75) is 58.3 Å². The van der Waals surface area contributed by atoms with Gasteiger partial charge in [-0.2, -0.15) is 0 Å². The molecule has 0 aliphatic heterocycles. The Bertz CT molecular complexity index is 448. The molecule has 122 valence electrons. The summed E-state index contributed by atoms with van der Waals surface area (Å²) < 4.78 is 5.61. The van der Waals surface area contributed by atoms with Crippen LogP contribution in [0.2, 0.25) is 0 Å². The highest BCUT2D eigenvalue weighted by Crippen LogP contribution is 2.14. The number of rotatable bonds is 12. The molecule has 0 radical (unpaired) electrons. The van der Waals surface area contributed by atoms with Crippen LogP contribution in [0.4, 0.5) is 0 Å². The number of hydrogen-bond donors (Lipinski definition) is 1. The van der Waals surface area contributed by atoms with Crippen molar-refractivity contribution >= 4 is 5.97 Å². The second-order valence-corrected chi connectivity index (χ2v) is 5.86. The summed E-state index contributed by atoms with van der Waals surface area (Å²) in [6, 6.07) is 6.57. The molecule has 1 aromatic rings. The predicted molar refractivity (Wildman–Crippen MR) is 90.6 cm³/mol. The van der Waals surface area contributed by atoms with Gasteiger partial charge in [-0.15, -0.1) is 6.58 Å². The maximum atomic E-state index is 10.7. The zero-order valence-corrected chi connectivity index (χ0v) is 13.6. The second-order valence-electron chi connectivity index (χ2n) is 5.86. The normalized spacial score (nSPS) is 10.4. The first-order valence-electron chi connectivity index (χ1n) is 8.20. The molecule has 0 bridgehead atoms. The van der Waals surface area contributed by atoms with Crippen molar-refractivity contribution in [3.63, 3.8) is 0 Å². The summed E-state index contributed by atoms with van der Waals surface area (Å²) in [5.74, 6) is -0.167. The summed E-state index contributed by atoms with van der Waals surface area (Å²) in [7, 11) is 0. The fraction of sp³-hybridized carbons (Fsp3) is 0.526. The van der Waals surface area contributed by atoms with Crippen LogP contribution in [0.25, 0.3) is 0 Å². The van der Waals surface area contributed by atoms with Gasteiger partial charge >= 0.3 is 5.97 Å². The number of ether oxygens (including phenoxy) is 1. The Morgan fingerprint density at radius 1 is 1.00 bits per heavy atom. The van der Waals surface area contributed by atoms with E-state index in [1.165, 1.54) is 44.1 Å². The minimum absolute atomic E-state index is 0.291. The monoisotopic (exact) mass is 304 g/mol. The highest BCUT2D eigenvalue weighted by molar-refractivity contribution is 5.87. The van der Waals surface area contributed by atoms with Crippen LogP contribution >= 0.6 is 0 Å². The lowest BCUT2D eigenvalue weighted by Crippen LogP contribution is -1.99. The van der Waals surface area contributed by atoms with Gasteiger partial charge in [0.2, 0.25) is 0 Å². The maximum absolute atomic E-state index is 10.7. The second kappa shape index (κ2) is 10.9. The smallest absolute Gasteiger partial charge is 0.335 e. The number of carbonyl (C=O) groups is 1. The molecule has 22 heavy (non-hydrogen) atoms. The van der Waals surface area contributed by atoms with Gasteiger partial charge in [-0.05, 0) is 50.5 Å². The first-order valence-corrected chi connectivity index (χ1v) is 8.20. The zero-order valence-electron chi connectivity index (χ0n) is 13.6. The molecule has 0 saturated carbocycles. The summed E-state index contributed by atoms with van der Waals surface area (Å²) in [5, 5.41) is 8.81. The van der Waals surface area contributed by atoms with E-state index in [0.29, 0.717) is 12.2 Å². The molecule has 0 aromatic heterocycles. The average molecular weight is 304 g/mol. The molecular formula is C19H28O3. The molecule has 1 aromatic carbocycles. The number of carboxylic acids is 1. The quantitative estimate of drug-likeness (QED) is 0.412.